The molecule has 1 saturated carbocycles. The molecule has 16 heavy (non-hydrogen) atoms. The quantitative estimate of drug-likeness (QED) is 0.764. The van der Waals surface area contributed by atoms with Gasteiger partial charge in [-0.2, -0.15) is 0 Å². The second-order valence-corrected chi connectivity index (χ2v) is 5.44. The lowest BCUT2D eigenvalue weighted by Gasteiger charge is -2.32. The van der Waals surface area contributed by atoms with E-state index in [2.05, 4.69) is 12.2 Å². The van der Waals surface area contributed by atoms with Gasteiger partial charge in [-0.25, -0.2) is 0 Å². The third kappa shape index (κ3) is 2.96. The molecule has 3 unspecified atom stereocenters. The molecule has 1 saturated heterocycles. The van der Waals surface area contributed by atoms with Gasteiger partial charge in [0.1, 0.15) is 0 Å². The van der Waals surface area contributed by atoms with E-state index in [9.17, 15) is 0 Å². The van der Waals surface area contributed by atoms with Crippen molar-refractivity contribution in [3.63, 3.8) is 0 Å². The lowest BCUT2D eigenvalue weighted by molar-refractivity contribution is 0.0537. The van der Waals surface area contributed by atoms with Crippen molar-refractivity contribution in [3.05, 3.63) is 0 Å². The Hall–Kier alpha value is -0.120. The van der Waals surface area contributed by atoms with Crippen LogP contribution in [0, 0.1) is 11.8 Å². The van der Waals surface area contributed by atoms with E-state index in [1.807, 2.05) is 0 Å². The summed E-state index contributed by atoms with van der Waals surface area (Å²) in [4.78, 5) is 0. The molecule has 2 rings (SSSR count). The zero-order chi connectivity index (χ0) is 11.4. The van der Waals surface area contributed by atoms with Crippen LogP contribution in [-0.2, 0) is 4.74 Å². The van der Waals surface area contributed by atoms with Crippen LogP contribution in [0.3, 0.4) is 0 Å². The van der Waals surface area contributed by atoms with E-state index in [4.69, 9.17) is 10.5 Å². The van der Waals surface area contributed by atoms with Crippen molar-refractivity contribution in [1.82, 2.24) is 5.32 Å². The smallest absolute Gasteiger partial charge is 0.0469 e. The van der Waals surface area contributed by atoms with Crippen molar-refractivity contribution >= 4 is 0 Å². The average molecular weight is 226 g/mol. The second kappa shape index (κ2) is 5.99. The molecule has 1 heterocycles. The number of rotatable bonds is 4. The molecule has 2 aliphatic rings. The molecule has 0 radical (unpaired) electrons. The normalized spacial score (nSPS) is 34.1. The van der Waals surface area contributed by atoms with Gasteiger partial charge in [-0.05, 0) is 51.0 Å². The largest absolute Gasteiger partial charge is 0.381 e. The SMILES string of the molecule is CC(NC1CCCC1CN)C1CCOCC1. The summed E-state index contributed by atoms with van der Waals surface area (Å²) in [6, 6.07) is 1.30. The van der Waals surface area contributed by atoms with Crippen LogP contribution >= 0.6 is 0 Å². The Kier molecular flexibility index (Phi) is 4.62. The average Bonchev–Trinajstić information content (AvgIpc) is 2.77. The molecule has 1 aliphatic heterocycles. The molecule has 0 aromatic rings. The monoisotopic (exact) mass is 226 g/mol. The fourth-order valence-corrected chi connectivity index (χ4v) is 3.23. The molecule has 1 aliphatic carbocycles. The van der Waals surface area contributed by atoms with Gasteiger partial charge in [0.15, 0.2) is 0 Å². The van der Waals surface area contributed by atoms with E-state index < -0.39 is 0 Å². The fraction of sp³-hybridized carbons (Fsp3) is 1.00. The maximum Gasteiger partial charge on any atom is 0.0469 e. The molecular formula is C13H26N2O. The third-order valence-corrected chi connectivity index (χ3v) is 4.41. The first-order chi connectivity index (χ1) is 7.81. The molecule has 0 bridgehead atoms. The van der Waals surface area contributed by atoms with Gasteiger partial charge < -0.3 is 15.8 Å². The van der Waals surface area contributed by atoms with Gasteiger partial charge in [0.25, 0.3) is 0 Å². The highest BCUT2D eigenvalue weighted by Crippen LogP contribution is 2.27. The van der Waals surface area contributed by atoms with Gasteiger partial charge in [-0.3, -0.25) is 0 Å². The van der Waals surface area contributed by atoms with Crippen molar-refractivity contribution in [1.29, 1.82) is 0 Å². The van der Waals surface area contributed by atoms with Gasteiger partial charge in [0, 0.05) is 25.3 Å². The standard InChI is InChI=1S/C13H26N2O/c1-10(11-5-7-16-8-6-11)15-13-4-2-3-12(13)9-14/h10-13,15H,2-9,14H2,1H3. The summed E-state index contributed by atoms with van der Waals surface area (Å²) in [7, 11) is 0. The predicted octanol–water partition coefficient (Wildman–Crippen LogP) is 1.52. The van der Waals surface area contributed by atoms with Crippen molar-refractivity contribution in [3.8, 4) is 0 Å². The summed E-state index contributed by atoms with van der Waals surface area (Å²) < 4.78 is 5.41. The number of ether oxygens (including phenoxy) is 1. The van der Waals surface area contributed by atoms with Crippen LogP contribution < -0.4 is 11.1 Å². The molecule has 0 aromatic carbocycles. The van der Waals surface area contributed by atoms with Crippen molar-refractivity contribution in [2.45, 2.75) is 51.1 Å². The first-order valence-corrected chi connectivity index (χ1v) is 6.85. The Labute approximate surface area is 99.1 Å². The Morgan fingerprint density at radius 1 is 1.25 bits per heavy atom. The highest BCUT2D eigenvalue weighted by molar-refractivity contribution is 4.87. The molecule has 3 atom stereocenters. The molecular weight excluding hydrogens is 200 g/mol. The van der Waals surface area contributed by atoms with Crippen molar-refractivity contribution in [2.24, 2.45) is 17.6 Å². The minimum Gasteiger partial charge on any atom is -0.381 e. The van der Waals surface area contributed by atoms with Crippen molar-refractivity contribution < 1.29 is 4.74 Å². The van der Waals surface area contributed by atoms with E-state index in [1.165, 1.54) is 32.1 Å². The highest BCUT2D eigenvalue weighted by Gasteiger charge is 2.29. The van der Waals surface area contributed by atoms with Gasteiger partial charge in [-0.1, -0.05) is 6.42 Å². The molecule has 0 spiro atoms. The summed E-state index contributed by atoms with van der Waals surface area (Å²) in [5.74, 6) is 1.51. The minimum absolute atomic E-state index is 0.626. The van der Waals surface area contributed by atoms with Crippen molar-refractivity contribution in [2.75, 3.05) is 19.8 Å². The van der Waals surface area contributed by atoms with E-state index in [1.54, 1.807) is 0 Å². The number of hydrogen-bond acceptors (Lipinski definition) is 3. The lowest BCUT2D eigenvalue weighted by Crippen LogP contribution is -2.45. The second-order valence-electron chi connectivity index (χ2n) is 5.44. The number of nitrogens with two attached hydrogens (primary N) is 1. The van der Waals surface area contributed by atoms with E-state index in [0.29, 0.717) is 18.0 Å². The number of nitrogens with one attached hydrogen (secondary N) is 1. The van der Waals surface area contributed by atoms with E-state index in [0.717, 1.165) is 25.7 Å². The van der Waals surface area contributed by atoms with E-state index in [-0.39, 0.29) is 0 Å². The first-order valence-electron chi connectivity index (χ1n) is 6.85. The lowest BCUT2D eigenvalue weighted by atomic mass is 9.91. The molecule has 94 valence electrons. The van der Waals surface area contributed by atoms with Crippen LogP contribution in [0.15, 0.2) is 0 Å². The molecule has 0 aromatic heterocycles. The van der Waals surface area contributed by atoms with Gasteiger partial charge in [0.2, 0.25) is 0 Å². The van der Waals surface area contributed by atoms with Gasteiger partial charge in [0.05, 0.1) is 0 Å². The van der Waals surface area contributed by atoms with E-state index >= 15 is 0 Å². The van der Waals surface area contributed by atoms with Gasteiger partial charge in [-0.15, -0.1) is 0 Å². The Balaban J connectivity index is 1.78. The van der Waals surface area contributed by atoms with Crippen LogP contribution in [0.4, 0.5) is 0 Å². The zero-order valence-corrected chi connectivity index (χ0v) is 10.5. The summed E-state index contributed by atoms with van der Waals surface area (Å²) >= 11 is 0. The minimum atomic E-state index is 0.626. The summed E-state index contributed by atoms with van der Waals surface area (Å²) in [5, 5.41) is 3.81. The van der Waals surface area contributed by atoms with Crippen LogP contribution in [0.5, 0.6) is 0 Å². The molecule has 2 fully saturated rings. The zero-order valence-electron chi connectivity index (χ0n) is 10.5. The molecule has 3 N–H and O–H groups in total. The molecule has 3 heteroatoms. The van der Waals surface area contributed by atoms with Crippen LogP contribution in [-0.4, -0.2) is 31.8 Å². The summed E-state index contributed by atoms with van der Waals surface area (Å²) in [6.45, 7) is 5.07. The Morgan fingerprint density at radius 2 is 2.00 bits per heavy atom. The first kappa shape index (κ1) is 12.3. The van der Waals surface area contributed by atoms with Gasteiger partial charge >= 0.3 is 0 Å². The maximum absolute atomic E-state index is 5.82. The maximum atomic E-state index is 5.82. The predicted molar refractivity (Wildman–Crippen MR) is 66.3 cm³/mol. The van der Waals surface area contributed by atoms with Crippen LogP contribution in [0.1, 0.15) is 39.0 Å². The Bertz CT molecular complexity index is 204. The van der Waals surface area contributed by atoms with Crippen LogP contribution in [0.25, 0.3) is 0 Å². The summed E-state index contributed by atoms with van der Waals surface area (Å²) in [6.07, 6.45) is 6.41. The highest BCUT2D eigenvalue weighted by atomic mass is 16.5. The van der Waals surface area contributed by atoms with Crippen LogP contribution in [0.2, 0.25) is 0 Å². The Morgan fingerprint density at radius 3 is 2.69 bits per heavy atom. The summed E-state index contributed by atoms with van der Waals surface area (Å²) in [5.41, 5.74) is 5.82. The number of hydrogen-bond donors (Lipinski definition) is 2. The molecule has 3 nitrogen and oxygen atoms in total. The molecule has 0 amide bonds. The fourth-order valence-electron chi connectivity index (χ4n) is 3.23. The third-order valence-electron chi connectivity index (χ3n) is 4.41. The topological polar surface area (TPSA) is 47.3 Å².